The molecule has 140 valence electrons. The Morgan fingerprint density at radius 3 is 2.77 bits per heavy atom. The second-order valence-corrected chi connectivity index (χ2v) is 7.22. The number of hydrogen-bond donors (Lipinski definition) is 1. The van der Waals surface area contributed by atoms with Crippen LogP contribution in [0.3, 0.4) is 0 Å². The van der Waals surface area contributed by atoms with Gasteiger partial charge in [-0.05, 0) is 31.1 Å². The normalized spacial score (nSPS) is 22.9. The Morgan fingerprint density at radius 1 is 1.35 bits per heavy atom. The minimum absolute atomic E-state index is 0.000877. The van der Waals surface area contributed by atoms with E-state index in [4.69, 9.17) is 4.74 Å². The molecule has 4 rings (SSSR count). The molecule has 1 saturated carbocycles. The lowest BCUT2D eigenvalue weighted by atomic mass is 9.94. The van der Waals surface area contributed by atoms with Gasteiger partial charge in [0.2, 0.25) is 5.91 Å². The number of aromatic amines is 1. The second-order valence-electron chi connectivity index (χ2n) is 7.22. The predicted octanol–water partition coefficient (Wildman–Crippen LogP) is 0.358. The Hall–Kier alpha value is -2.42. The van der Waals surface area contributed by atoms with Gasteiger partial charge in [0.1, 0.15) is 19.0 Å². The van der Waals surface area contributed by atoms with Crippen molar-refractivity contribution in [1.29, 1.82) is 0 Å². The Balaban J connectivity index is 1.46. The van der Waals surface area contributed by atoms with Crippen molar-refractivity contribution < 1.29 is 9.53 Å². The number of rotatable bonds is 6. The number of H-pyrrole nitrogens is 1. The van der Waals surface area contributed by atoms with E-state index in [1.807, 2.05) is 22.7 Å². The topological polar surface area (TPSA) is 98.0 Å². The fraction of sp³-hybridized carbons (Fsp3) is 0.647. The summed E-state index contributed by atoms with van der Waals surface area (Å²) in [5.41, 5.74) is -0.250. The molecular formula is C17H24N6O3. The van der Waals surface area contributed by atoms with Crippen LogP contribution in [0.1, 0.15) is 37.0 Å². The maximum atomic E-state index is 12.8. The van der Waals surface area contributed by atoms with Crippen LogP contribution in [0.15, 0.2) is 17.2 Å². The number of carbonyl (C=O) groups is 1. The van der Waals surface area contributed by atoms with Gasteiger partial charge in [0.25, 0.3) is 0 Å². The van der Waals surface area contributed by atoms with Crippen LogP contribution in [-0.2, 0) is 30.2 Å². The Kier molecular flexibility index (Phi) is 4.39. The quantitative estimate of drug-likeness (QED) is 0.802. The van der Waals surface area contributed by atoms with Gasteiger partial charge in [0.15, 0.2) is 5.82 Å². The highest BCUT2D eigenvalue weighted by atomic mass is 16.5. The zero-order valence-electron chi connectivity index (χ0n) is 15.1. The largest absolute Gasteiger partial charge is 0.364 e. The van der Waals surface area contributed by atoms with E-state index in [9.17, 15) is 9.59 Å². The molecule has 9 heteroatoms. The van der Waals surface area contributed by atoms with Gasteiger partial charge in [0.05, 0.1) is 6.04 Å². The van der Waals surface area contributed by atoms with E-state index >= 15 is 0 Å². The third-order valence-electron chi connectivity index (χ3n) is 5.55. The van der Waals surface area contributed by atoms with Crippen LogP contribution in [-0.4, -0.2) is 48.3 Å². The minimum Gasteiger partial charge on any atom is -0.364 e. The molecule has 9 nitrogen and oxygen atoms in total. The summed E-state index contributed by atoms with van der Waals surface area (Å²) in [6, 6.07) is -0.157. The molecule has 2 fully saturated rings. The number of ether oxygens (including phenoxy) is 1. The molecule has 1 amide bonds. The van der Waals surface area contributed by atoms with E-state index < -0.39 is 0 Å². The van der Waals surface area contributed by atoms with E-state index in [1.54, 1.807) is 13.2 Å². The number of imidazole rings is 1. The third kappa shape index (κ3) is 3.07. The van der Waals surface area contributed by atoms with Gasteiger partial charge in [-0.2, -0.15) is 5.10 Å². The van der Waals surface area contributed by atoms with E-state index in [-0.39, 0.29) is 24.2 Å². The fourth-order valence-electron chi connectivity index (χ4n) is 3.92. The summed E-state index contributed by atoms with van der Waals surface area (Å²) in [4.78, 5) is 30.6. The molecule has 2 aliphatic rings. The lowest BCUT2D eigenvalue weighted by Gasteiger charge is -2.27. The molecule has 1 aliphatic carbocycles. The van der Waals surface area contributed by atoms with E-state index in [2.05, 4.69) is 15.2 Å². The lowest BCUT2D eigenvalue weighted by Crippen LogP contribution is -2.37. The maximum absolute atomic E-state index is 12.8. The highest BCUT2D eigenvalue weighted by Crippen LogP contribution is 2.49. The zero-order valence-corrected chi connectivity index (χ0v) is 15.1. The van der Waals surface area contributed by atoms with Crippen molar-refractivity contribution in [2.24, 2.45) is 25.9 Å². The van der Waals surface area contributed by atoms with Crippen molar-refractivity contribution in [3.8, 4) is 0 Å². The van der Waals surface area contributed by atoms with E-state index in [0.717, 1.165) is 12.2 Å². The molecule has 0 aromatic carbocycles. The number of carbonyl (C=O) groups excluding carboxylic acids is 1. The predicted molar refractivity (Wildman–Crippen MR) is 92.0 cm³/mol. The van der Waals surface area contributed by atoms with Crippen LogP contribution < -0.4 is 5.69 Å². The molecule has 3 heterocycles. The molecule has 0 radical (unpaired) electrons. The molecule has 1 saturated heterocycles. The molecule has 26 heavy (non-hydrogen) atoms. The van der Waals surface area contributed by atoms with Crippen LogP contribution in [0, 0.1) is 11.8 Å². The molecule has 2 aromatic rings. The highest BCUT2D eigenvalue weighted by molar-refractivity contribution is 5.78. The fourth-order valence-corrected chi connectivity index (χ4v) is 3.92. The first kappa shape index (κ1) is 17.0. The van der Waals surface area contributed by atoms with Crippen LogP contribution >= 0.6 is 0 Å². The van der Waals surface area contributed by atoms with Gasteiger partial charge in [-0.15, -0.1) is 0 Å². The lowest BCUT2D eigenvalue weighted by molar-refractivity contribution is -0.138. The Labute approximate surface area is 151 Å². The van der Waals surface area contributed by atoms with Crippen molar-refractivity contribution in [2.45, 2.75) is 31.9 Å². The van der Waals surface area contributed by atoms with E-state index in [1.165, 1.54) is 17.4 Å². The summed E-state index contributed by atoms with van der Waals surface area (Å²) >= 11 is 0. The van der Waals surface area contributed by atoms with E-state index in [0.29, 0.717) is 30.8 Å². The maximum Gasteiger partial charge on any atom is 0.343 e. The third-order valence-corrected chi connectivity index (χ3v) is 5.55. The molecule has 1 aliphatic heterocycles. The Morgan fingerprint density at radius 2 is 2.15 bits per heavy atom. The number of aryl methyl sites for hydroxylation is 1. The van der Waals surface area contributed by atoms with Gasteiger partial charge in [-0.25, -0.2) is 14.9 Å². The van der Waals surface area contributed by atoms with Crippen LogP contribution in [0.5, 0.6) is 0 Å². The SMILES string of the molecule is Cn1ccnc1COCC(=O)N1CCC(C2CC2)C1c1n[nH]c(=O)n1C. The van der Waals surface area contributed by atoms with Gasteiger partial charge >= 0.3 is 5.69 Å². The molecule has 0 spiro atoms. The molecule has 2 atom stereocenters. The average molecular weight is 360 g/mol. The summed E-state index contributed by atoms with van der Waals surface area (Å²) in [5.74, 6) is 2.34. The number of nitrogens with one attached hydrogen (secondary N) is 1. The van der Waals surface area contributed by atoms with Crippen molar-refractivity contribution in [3.05, 3.63) is 34.5 Å². The summed E-state index contributed by atoms with van der Waals surface area (Å²) < 4.78 is 8.97. The minimum atomic E-state index is -0.250. The smallest absolute Gasteiger partial charge is 0.343 e. The van der Waals surface area contributed by atoms with Crippen LogP contribution in [0.25, 0.3) is 0 Å². The summed E-state index contributed by atoms with van der Waals surface area (Å²) in [6.07, 6.45) is 6.88. The number of likely N-dealkylation sites (tertiary alicyclic amines) is 1. The number of hydrogen-bond acceptors (Lipinski definition) is 5. The molecule has 1 N–H and O–H groups in total. The highest BCUT2D eigenvalue weighted by Gasteiger charge is 2.47. The number of nitrogens with zero attached hydrogens (tertiary/aromatic N) is 5. The van der Waals surface area contributed by atoms with Gasteiger partial charge in [-0.3, -0.25) is 9.36 Å². The van der Waals surface area contributed by atoms with Crippen molar-refractivity contribution >= 4 is 5.91 Å². The van der Waals surface area contributed by atoms with Crippen LogP contribution in [0.4, 0.5) is 0 Å². The Bertz CT molecular complexity index is 849. The molecule has 2 aromatic heterocycles. The van der Waals surface area contributed by atoms with Gasteiger partial charge < -0.3 is 14.2 Å². The first-order valence-electron chi connectivity index (χ1n) is 9.01. The average Bonchev–Trinajstić information content (AvgIpc) is 3.12. The van der Waals surface area contributed by atoms with Crippen LogP contribution in [0.2, 0.25) is 0 Å². The second kappa shape index (κ2) is 6.71. The number of amides is 1. The zero-order chi connectivity index (χ0) is 18.3. The first-order chi connectivity index (χ1) is 12.6. The monoisotopic (exact) mass is 360 g/mol. The summed E-state index contributed by atoms with van der Waals surface area (Å²) in [6.45, 7) is 0.970. The molecule has 0 bridgehead atoms. The molecular weight excluding hydrogens is 336 g/mol. The number of aromatic nitrogens is 5. The molecule has 2 unspecified atom stereocenters. The van der Waals surface area contributed by atoms with Gasteiger partial charge in [-0.1, -0.05) is 0 Å². The van der Waals surface area contributed by atoms with Crippen molar-refractivity contribution in [3.63, 3.8) is 0 Å². The van der Waals surface area contributed by atoms with Gasteiger partial charge in [0, 0.05) is 33.0 Å². The van der Waals surface area contributed by atoms with Crippen molar-refractivity contribution in [2.75, 3.05) is 13.2 Å². The standard InChI is InChI=1S/C17H24N6O3/c1-21-8-6-18-13(21)9-26-10-14(24)23-7-5-12(11-3-4-11)15(23)16-19-20-17(25)22(16)2/h6,8,11-12,15H,3-5,7,9-10H2,1-2H3,(H,20,25). The summed E-state index contributed by atoms with van der Waals surface area (Å²) in [7, 11) is 3.59. The van der Waals surface area contributed by atoms with Crippen molar-refractivity contribution in [1.82, 2.24) is 29.2 Å². The first-order valence-corrected chi connectivity index (χ1v) is 9.01. The summed E-state index contributed by atoms with van der Waals surface area (Å²) in [5, 5.41) is 6.70.